The molecule has 2 aliphatic rings. The number of ether oxygens (including phenoxy) is 1. The van der Waals surface area contributed by atoms with E-state index in [4.69, 9.17) is 4.74 Å². The van der Waals surface area contributed by atoms with Crippen molar-refractivity contribution >= 4 is 15.9 Å². The summed E-state index contributed by atoms with van der Waals surface area (Å²) < 4.78 is 7.12. The van der Waals surface area contributed by atoms with Crippen LogP contribution in [0.25, 0.3) is 0 Å². The van der Waals surface area contributed by atoms with Crippen molar-refractivity contribution < 1.29 is 4.74 Å². The predicted molar refractivity (Wildman–Crippen MR) is 85.2 cm³/mol. The molecule has 1 heterocycles. The summed E-state index contributed by atoms with van der Waals surface area (Å²) in [4.78, 5) is 2.49. The molecule has 1 N–H and O–H groups in total. The number of rotatable bonds is 7. The van der Waals surface area contributed by atoms with Gasteiger partial charge >= 0.3 is 0 Å². The first-order valence-electron chi connectivity index (χ1n) is 7.69. The van der Waals surface area contributed by atoms with Gasteiger partial charge in [0.05, 0.1) is 4.47 Å². The molecule has 1 aliphatic heterocycles. The molecule has 2 fully saturated rings. The van der Waals surface area contributed by atoms with E-state index in [1.54, 1.807) is 0 Å². The third-order valence-electron chi connectivity index (χ3n) is 4.06. The van der Waals surface area contributed by atoms with Gasteiger partial charge in [-0.1, -0.05) is 12.1 Å². The van der Waals surface area contributed by atoms with E-state index < -0.39 is 0 Å². The van der Waals surface area contributed by atoms with Crippen molar-refractivity contribution in [3.05, 3.63) is 28.2 Å². The molecule has 0 bridgehead atoms. The highest BCUT2D eigenvalue weighted by Crippen LogP contribution is 2.30. The maximum Gasteiger partial charge on any atom is 0.138 e. The molecule has 0 aromatic heterocycles. The molecule has 3 rings (SSSR count). The van der Waals surface area contributed by atoms with Gasteiger partial charge in [-0.25, -0.2) is 0 Å². The maximum absolute atomic E-state index is 6.05. The SMILES string of the molecule is Brc1cccc(CNC2CC2)c1OCCN1CCCC1. The van der Waals surface area contributed by atoms with Crippen molar-refractivity contribution in [3.63, 3.8) is 0 Å². The molecule has 110 valence electrons. The number of benzene rings is 1. The average molecular weight is 339 g/mol. The summed E-state index contributed by atoms with van der Waals surface area (Å²) in [5.74, 6) is 1.01. The summed E-state index contributed by atoms with van der Waals surface area (Å²) in [5, 5.41) is 3.56. The van der Waals surface area contributed by atoms with Crippen molar-refractivity contribution in [3.8, 4) is 5.75 Å². The van der Waals surface area contributed by atoms with Crippen LogP contribution in [0.5, 0.6) is 5.75 Å². The van der Waals surface area contributed by atoms with Gasteiger partial charge in [-0.3, -0.25) is 4.90 Å². The second-order valence-corrected chi connectivity index (χ2v) is 6.63. The number of likely N-dealkylation sites (tertiary alicyclic amines) is 1. The van der Waals surface area contributed by atoms with Gasteiger partial charge in [0.25, 0.3) is 0 Å². The fourth-order valence-corrected chi connectivity index (χ4v) is 3.20. The topological polar surface area (TPSA) is 24.5 Å². The van der Waals surface area contributed by atoms with Crippen LogP contribution in [0.4, 0.5) is 0 Å². The summed E-state index contributed by atoms with van der Waals surface area (Å²) >= 11 is 3.62. The average Bonchev–Trinajstić information content (AvgIpc) is 3.14. The Morgan fingerprint density at radius 1 is 1.25 bits per heavy atom. The minimum atomic E-state index is 0.728. The van der Waals surface area contributed by atoms with E-state index in [0.29, 0.717) is 0 Å². The second kappa shape index (κ2) is 6.92. The van der Waals surface area contributed by atoms with Crippen molar-refractivity contribution in [2.45, 2.75) is 38.3 Å². The van der Waals surface area contributed by atoms with Gasteiger partial charge in [0, 0.05) is 24.7 Å². The fraction of sp³-hybridized carbons (Fsp3) is 0.625. The molecular formula is C16H23BrN2O. The van der Waals surface area contributed by atoms with Gasteiger partial charge in [0.2, 0.25) is 0 Å². The molecular weight excluding hydrogens is 316 g/mol. The molecule has 1 aromatic carbocycles. The minimum Gasteiger partial charge on any atom is -0.491 e. The molecule has 4 heteroatoms. The molecule has 1 aliphatic carbocycles. The van der Waals surface area contributed by atoms with Crippen LogP contribution in [-0.2, 0) is 6.54 Å². The molecule has 1 aromatic rings. The summed E-state index contributed by atoms with van der Waals surface area (Å²) in [5.41, 5.74) is 1.26. The lowest BCUT2D eigenvalue weighted by Gasteiger charge is -2.17. The Morgan fingerprint density at radius 3 is 2.80 bits per heavy atom. The quantitative estimate of drug-likeness (QED) is 0.826. The molecule has 3 nitrogen and oxygen atoms in total. The lowest BCUT2D eigenvalue weighted by Crippen LogP contribution is -2.25. The lowest BCUT2D eigenvalue weighted by atomic mass is 10.2. The van der Waals surface area contributed by atoms with Crippen molar-refractivity contribution in [2.75, 3.05) is 26.2 Å². The van der Waals surface area contributed by atoms with E-state index in [-0.39, 0.29) is 0 Å². The summed E-state index contributed by atoms with van der Waals surface area (Å²) in [6, 6.07) is 7.03. The number of hydrogen-bond acceptors (Lipinski definition) is 3. The summed E-state index contributed by atoms with van der Waals surface area (Å²) in [7, 11) is 0. The van der Waals surface area contributed by atoms with E-state index in [1.807, 2.05) is 0 Å². The maximum atomic E-state index is 6.05. The Hall–Kier alpha value is -0.580. The van der Waals surface area contributed by atoms with Crippen molar-refractivity contribution in [1.29, 1.82) is 0 Å². The monoisotopic (exact) mass is 338 g/mol. The third kappa shape index (κ3) is 3.96. The Kier molecular flexibility index (Phi) is 4.97. The van der Waals surface area contributed by atoms with Crippen molar-refractivity contribution in [2.24, 2.45) is 0 Å². The number of nitrogens with one attached hydrogen (secondary N) is 1. The van der Waals surface area contributed by atoms with Gasteiger partial charge < -0.3 is 10.1 Å². The van der Waals surface area contributed by atoms with Gasteiger partial charge in [-0.2, -0.15) is 0 Å². The summed E-state index contributed by atoms with van der Waals surface area (Å²) in [6.07, 6.45) is 5.31. The van der Waals surface area contributed by atoms with E-state index in [0.717, 1.165) is 36.0 Å². The Morgan fingerprint density at radius 2 is 2.05 bits per heavy atom. The van der Waals surface area contributed by atoms with Crippen LogP contribution in [0.2, 0.25) is 0 Å². The molecule has 1 saturated heterocycles. The Labute approximate surface area is 129 Å². The third-order valence-corrected chi connectivity index (χ3v) is 4.68. The number of nitrogens with zero attached hydrogens (tertiary/aromatic N) is 1. The van der Waals surface area contributed by atoms with Gasteiger partial charge in [-0.05, 0) is 60.8 Å². The highest BCUT2D eigenvalue weighted by Gasteiger charge is 2.21. The largest absolute Gasteiger partial charge is 0.491 e. The Balaban J connectivity index is 1.54. The van der Waals surface area contributed by atoms with Crippen molar-refractivity contribution in [1.82, 2.24) is 10.2 Å². The first-order chi connectivity index (χ1) is 9.83. The number of hydrogen-bond donors (Lipinski definition) is 1. The van der Waals surface area contributed by atoms with Gasteiger partial charge in [0.1, 0.15) is 12.4 Å². The molecule has 20 heavy (non-hydrogen) atoms. The lowest BCUT2D eigenvalue weighted by molar-refractivity contribution is 0.235. The molecule has 0 atom stereocenters. The normalized spacial score (nSPS) is 19.4. The second-order valence-electron chi connectivity index (χ2n) is 5.78. The smallest absolute Gasteiger partial charge is 0.138 e. The van der Waals surface area contributed by atoms with Crippen LogP contribution < -0.4 is 10.1 Å². The summed E-state index contributed by atoms with van der Waals surface area (Å²) in [6.45, 7) is 5.18. The van der Waals surface area contributed by atoms with Crippen LogP contribution in [0.15, 0.2) is 22.7 Å². The van der Waals surface area contributed by atoms with Crippen LogP contribution in [0.1, 0.15) is 31.2 Å². The van der Waals surface area contributed by atoms with Crippen LogP contribution >= 0.6 is 15.9 Å². The zero-order valence-electron chi connectivity index (χ0n) is 11.9. The van der Waals surface area contributed by atoms with Crippen LogP contribution in [0.3, 0.4) is 0 Å². The van der Waals surface area contributed by atoms with E-state index >= 15 is 0 Å². The zero-order chi connectivity index (χ0) is 13.8. The van der Waals surface area contributed by atoms with E-state index in [9.17, 15) is 0 Å². The van der Waals surface area contributed by atoms with Crippen LogP contribution in [-0.4, -0.2) is 37.2 Å². The predicted octanol–water partition coefficient (Wildman–Crippen LogP) is 3.18. The van der Waals surface area contributed by atoms with Gasteiger partial charge in [-0.15, -0.1) is 0 Å². The van der Waals surface area contributed by atoms with Crippen LogP contribution in [0, 0.1) is 0 Å². The molecule has 0 amide bonds. The molecule has 0 spiro atoms. The number of para-hydroxylation sites is 1. The number of halogens is 1. The molecule has 0 unspecified atom stereocenters. The van der Waals surface area contributed by atoms with E-state index in [2.05, 4.69) is 44.3 Å². The first kappa shape index (κ1) is 14.4. The Bertz CT molecular complexity index is 442. The standard InChI is InChI=1S/C16H23BrN2O/c17-15-5-3-4-13(12-18-14-6-7-14)16(15)20-11-10-19-8-1-2-9-19/h3-5,14,18H,1-2,6-12H2. The van der Waals surface area contributed by atoms with E-state index in [1.165, 1.54) is 44.3 Å². The first-order valence-corrected chi connectivity index (χ1v) is 8.48. The fourth-order valence-electron chi connectivity index (χ4n) is 2.68. The minimum absolute atomic E-state index is 0.728. The highest BCUT2D eigenvalue weighted by molar-refractivity contribution is 9.10. The molecule has 1 saturated carbocycles. The molecule has 0 radical (unpaired) electrons. The zero-order valence-corrected chi connectivity index (χ0v) is 13.5. The van der Waals surface area contributed by atoms with Gasteiger partial charge in [0.15, 0.2) is 0 Å². The highest BCUT2D eigenvalue weighted by atomic mass is 79.9.